The first-order chi connectivity index (χ1) is 19.1. The van der Waals surface area contributed by atoms with Crippen LogP contribution < -0.4 is 4.90 Å². The number of aliphatic carboxylic acids is 1. The molecule has 1 N–H and O–H groups in total. The number of thiazole rings is 1. The van der Waals surface area contributed by atoms with E-state index < -0.39 is 5.97 Å². The summed E-state index contributed by atoms with van der Waals surface area (Å²) in [6.45, 7) is 10.2. The highest BCUT2D eigenvalue weighted by Crippen LogP contribution is 2.34. The third kappa shape index (κ3) is 6.55. The molecule has 4 heterocycles. The second-order valence-electron chi connectivity index (χ2n) is 11.8. The van der Waals surface area contributed by atoms with E-state index in [1.165, 1.54) is 30.0 Å². The average molecular weight is 566 g/mol. The van der Waals surface area contributed by atoms with E-state index in [2.05, 4.69) is 28.7 Å². The Morgan fingerprint density at radius 2 is 1.93 bits per heavy atom. The molecule has 2 saturated heterocycles. The fourth-order valence-corrected chi connectivity index (χ4v) is 6.78. The number of carboxylic acid groups (broad SMARTS) is 1. The van der Waals surface area contributed by atoms with Crippen molar-refractivity contribution in [1.82, 2.24) is 19.9 Å². The predicted octanol–water partition coefficient (Wildman–Crippen LogP) is 5.40. The Labute approximate surface area is 238 Å². The van der Waals surface area contributed by atoms with Gasteiger partial charge in [-0.1, -0.05) is 26.0 Å². The molecule has 2 fully saturated rings. The van der Waals surface area contributed by atoms with Crippen LogP contribution in [0.15, 0.2) is 30.6 Å². The van der Waals surface area contributed by atoms with Gasteiger partial charge in [-0.05, 0) is 56.2 Å². The summed E-state index contributed by atoms with van der Waals surface area (Å²) in [5.41, 5.74) is 2.56. The standard InChI is InChI=1S/C30H36FN5O3S/c1-19-5-6-21(13-22(19)31)28-25(17-35-10-4-9-30(2,3)18-35)40-27(34-28)14-24(37)23-15-33-26(16-32-23)36-11-7-20(8-12-36)29(38)39/h5-6,13,15-16,20H,4,7-12,14,17-18H2,1-3H3,(H,38,39). The third-order valence-corrected chi connectivity index (χ3v) is 8.98. The molecule has 10 heteroatoms. The summed E-state index contributed by atoms with van der Waals surface area (Å²) in [6, 6.07) is 5.19. The van der Waals surface area contributed by atoms with Gasteiger partial charge in [0.15, 0.2) is 5.78 Å². The molecular weight excluding hydrogens is 529 g/mol. The molecule has 2 aromatic heterocycles. The highest BCUT2D eigenvalue weighted by Gasteiger charge is 2.28. The lowest BCUT2D eigenvalue weighted by molar-refractivity contribution is -0.142. The van der Waals surface area contributed by atoms with Crippen LogP contribution in [0.2, 0.25) is 0 Å². The zero-order valence-corrected chi connectivity index (χ0v) is 24.1. The molecule has 0 saturated carbocycles. The number of carbonyl (C=O) groups excluding carboxylic acids is 1. The van der Waals surface area contributed by atoms with Gasteiger partial charge in [0.1, 0.15) is 22.3 Å². The minimum absolute atomic E-state index is 0.0928. The molecule has 8 nitrogen and oxygen atoms in total. The van der Waals surface area contributed by atoms with Crippen LogP contribution in [0.3, 0.4) is 0 Å². The van der Waals surface area contributed by atoms with E-state index in [1.807, 2.05) is 11.0 Å². The number of rotatable bonds is 8. The largest absolute Gasteiger partial charge is 0.481 e. The normalized spacial score (nSPS) is 18.1. The number of likely N-dealkylation sites (tertiary alicyclic amines) is 1. The fraction of sp³-hybridized carbons (Fsp3) is 0.500. The molecular formula is C30H36FN5O3S. The summed E-state index contributed by atoms with van der Waals surface area (Å²) >= 11 is 1.51. The van der Waals surface area contributed by atoms with Crippen molar-refractivity contribution in [3.8, 4) is 11.3 Å². The Balaban J connectivity index is 1.32. The van der Waals surface area contributed by atoms with Gasteiger partial charge in [-0.2, -0.15) is 0 Å². The first-order valence-corrected chi connectivity index (χ1v) is 14.7. The molecule has 40 heavy (non-hydrogen) atoms. The minimum atomic E-state index is -0.757. The number of nitrogens with zero attached hydrogens (tertiary/aromatic N) is 5. The van der Waals surface area contributed by atoms with E-state index in [1.54, 1.807) is 19.2 Å². The van der Waals surface area contributed by atoms with Gasteiger partial charge in [-0.15, -0.1) is 11.3 Å². The molecule has 2 aliphatic rings. The number of aryl methyl sites for hydroxylation is 1. The van der Waals surface area contributed by atoms with Gasteiger partial charge in [0.05, 0.1) is 30.4 Å². The van der Waals surface area contributed by atoms with Crippen LogP contribution >= 0.6 is 11.3 Å². The first-order valence-electron chi connectivity index (χ1n) is 13.9. The van der Waals surface area contributed by atoms with Crippen LogP contribution in [0, 0.1) is 24.1 Å². The first kappa shape index (κ1) is 28.3. The van der Waals surface area contributed by atoms with Gasteiger partial charge < -0.3 is 10.0 Å². The Bertz CT molecular complexity index is 1380. The maximum atomic E-state index is 14.5. The van der Waals surface area contributed by atoms with Gasteiger partial charge >= 0.3 is 5.97 Å². The number of halogens is 1. The fourth-order valence-electron chi connectivity index (χ4n) is 5.64. The lowest BCUT2D eigenvalue weighted by Crippen LogP contribution is -2.39. The molecule has 0 unspecified atom stereocenters. The second-order valence-corrected chi connectivity index (χ2v) is 12.9. The zero-order chi connectivity index (χ0) is 28.4. The van der Waals surface area contributed by atoms with Crippen molar-refractivity contribution >= 4 is 28.9 Å². The SMILES string of the molecule is Cc1ccc(-c2nc(CC(=O)c3cnc(N4CCC(C(=O)O)CC4)cn3)sc2CN2CCCC(C)(C)C2)cc1F. The maximum absolute atomic E-state index is 14.5. The highest BCUT2D eigenvalue weighted by atomic mass is 32.1. The van der Waals surface area contributed by atoms with E-state index in [0.29, 0.717) is 48.9 Å². The zero-order valence-electron chi connectivity index (χ0n) is 23.3. The molecule has 1 aromatic carbocycles. The number of carbonyl (C=O) groups is 2. The van der Waals surface area contributed by atoms with E-state index in [9.17, 15) is 19.1 Å². The van der Waals surface area contributed by atoms with Crippen molar-refractivity contribution in [1.29, 1.82) is 0 Å². The van der Waals surface area contributed by atoms with Crippen molar-refractivity contribution in [3.63, 3.8) is 0 Å². The van der Waals surface area contributed by atoms with Crippen LogP contribution in [0.5, 0.6) is 0 Å². The Hall–Kier alpha value is -3.24. The van der Waals surface area contributed by atoms with E-state index in [0.717, 1.165) is 35.6 Å². The quantitative estimate of drug-likeness (QED) is 0.363. The topological polar surface area (TPSA) is 99.5 Å². The molecule has 0 aliphatic carbocycles. The number of benzene rings is 1. The van der Waals surface area contributed by atoms with Gasteiger partial charge in [0.25, 0.3) is 0 Å². The molecule has 0 spiro atoms. The van der Waals surface area contributed by atoms with Crippen LogP contribution in [-0.2, 0) is 17.8 Å². The third-order valence-electron chi connectivity index (χ3n) is 7.94. The van der Waals surface area contributed by atoms with Crippen LogP contribution in [0.4, 0.5) is 10.2 Å². The number of aromatic nitrogens is 3. The summed E-state index contributed by atoms with van der Waals surface area (Å²) in [4.78, 5) is 43.5. The lowest BCUT2D eigenvalue weighted by Gasteiger charge is -2.37. The van der Waals surface area contributed by atoms with E-state index in [-0.39, 0.29) is 35.0 Å². The maximum Gasteiger partial charge on any atom is 0.306 e. The molecule has 0 bridgehead atoms. The smallest absolute Gasteiger partial charge is 0.306 e. The summed E-state index contributed by atoms with van der Waals surface area (Å²) in [5.74, 6) is -0.881. The van der Waals surface area contributed by atoms with Gasteiger partial charge in [-0.25, -0.2) is 19.3 Å². The number of hydrogen-bond donors (Lipinski definition) is 1. The summed E-state index contributed by atoms with van der Waals surface area (Å²) in [7, 11) is 0. The average Bonchev–Trinajstić information content (AvgIpc) is 3.31. The molecule has 0 amide bonds. The number of Topliss-reactive ketones (excluding diaryl/α,β-unsaturated/α-hetero) is 1. The summed E-state index contributed by atoms with van der Waals surface area (Å²) in [6.07, 6.45) is 6.62. The lowest BCUT2D eigenvalue weighted by atomic mass is 9.84. The van der Waals surface area contributed by atoms with Crippen molar-refractivity contribution in [2.45, 2.75) is 59.4 Å². The van der Waals surface area contributed by atoms with Crippen molar-refractivity contribution in [2.24, 2.45) is 11.3 Å². The Morgan fingerprint density at radius 1 is 1.15 bits per heavy atom. The summed E-state index contributed by atoms with van der Waals surface area (Å²) in [5, 5.41) is 9.89. The summed E-state index contributed by atoms with van der Waals surface area (Å²) < 4.78 is 14.5. The van der Waals surface area contributed by atoms with Crippen molar-refractivity contribution < 1.29 is 19.1 Å². The number of ketones is 1. The molecule has 212 valence electrons. The van der Waals surface area contributed by atoms with Crippen molar-refractivity contribution in [3.05, 3.63) is 57.6 Å². The Morgan fingerprint density at radius 3 is 2.58 bits per heavy atom. The minimum Gasteiger partial charge on any atom is -0.481 e. The number of anilines is 1. The van der Waals surface area contributed by atoms with Crippen molar-refractivity contribution in [2.75, 3.05) is 31.1 Å². The Kier molecular flexibility index (Phi) is 8.28. The highest BCUT2D eigenvalue weighted by molar-refractivity contribution is 7.12. The predicted molar refractivity (Wildman–Crippen MR) is 153 cm³/mol. The molecule has 0 radical (unpaired) electrons. The molecule has 3 aromatic rings. The van der Waals surface area contributed by atoms with Gasteiger partial charge in [0.2, 0.25) is 0 Å². The molecule has 5 rings (SSSR count). The monoisotopic (exact) mass is 565 g/mol. The van der Waals surface area contributed by atoms with E-state index in [4.69, 9.17) is 4.98 Å². The number of hydrogen-bond acceptors (Lipinski definition) is 8. The van der Waals surface area contributed by atoms with Crippen LogP contribution in [0.1, 0.15) is 65.5 Å². The molecule has 0 atom stereocenters. The second kappa shape index (κ2) is 11.7. The molecule has 2 aliphatic heterocycles. The number of carboxylic acids is 1. The number of piperidine rings is 2. The van der Waals surface area contributed by atoms with Crippen LogP contribution in [-0.4, -0.2) is 62.9 Å². The van der Waals surface area contributed by atoms with Crippen LogP contribution in [0.25, 0.3) is 11.3 Å². The van der Waals surface area contributed by atoms with E-state index >= 15 is 0 Å². The van der Waals surface area contributed by atoms with Gasteiger partial charge in [-0.3, -0.25) is 14.5 Å². The van der Waals surface area contributed by atoms with Gasteiger partial charge in [0, 0.05) is 36.6 Å².